The summed E-state index contributed by atoms with van der Waals surface area (Å²) in [5, 5.41) is 5.85. The molecule has 0 heterocycles. The van der Waals surface area contributed by atoms with Crippen LogP contribution in [0.4, 0.5) is 5.69 Å². The number of para-hydroxylation sites is 1. The second-order valence-corrected chi connectivity index (χ2v) is 6.11. The number of carbonyl (C=O) groups is 2. The molecular formula is C21H17ClN2O3. The van der Waals surface area contributed by atoms with Crippen molar-refractivity contribution in [3.05, 3.63) is 89.4 Å². The first-order valence-electron chi connectivity index (χ1n) is 8.27. The normalized spacial score (nSPS) is 10.1. The molecule has 0 aromatic heterocycles. The van der Waals surface area contributed by atoms with E-state index < -0.39 is 0 Å². The topological polar surface area (TPSA) is 67.4 Å². The van der Waals surface area contributed by atoms with Crippen molar-refractivity contribution in [3.63, 3.8) is 0 Å². The van der Waals surface area contributed by atoms with E-state index in [0.717, 1.165) is 0 Å². The second kappa shape index (κ2) is 8.87. The SMILES string of the molecule is O=C(CNC(=O)c1ccc(Oc2ccccc2)cc1)Nc1ccc(Cl)cc1. The molecule has 0 aliphatic carbocycles. The van der Waals surface area contributed by atoms with Gasteiger partial charge in [0.05, 0.1) is 6.54 Å². The third kappa shape index (κ3) is 5.59. The number of carbonyl (C=O) groups excluding carboxylic acids is 2. The number of hydrogen-bond donors (Lipinski definition) is 2. The predicted molar refractivity (Wildman–Crippen MR) is 105 cm³/mol. The van der Waals surface area contributed by atoms with Crippen LogP contribution < -0.4 is 15.4 Å². The Morgan fingerprint density at radius 3 is 2.11 bits per heavy atom. The molecule has 136 valence electrons. The van der Waals surface area contributed by atoms with Crippen molar-refractivity contribution in [2.75, 3.05) is 11.9 Å². The van der Waals surface area contributed by atoms with Crippen molar-refractivity contribution >= 4 is 29.1 Å². The molecule has 3 aromatic carbocycles. The van der Waals surface area contributed by atoms with E-state index in [4.69, 9.17) is 16.3 Å². The lowest BCUT2D eigenvalue weighted by Crippen LogP contribution is -2.32. The third-order valence-corrected chi connectivity index (χ3v) is 3.88. The van der Waals surface area contributed by atoms with Crippen molar-refractivity contribution in [1.29, 1.82) is 0 Å². The summed E-state index contributed by atoms with van der Waals surface area (Å²) in [5.41, 5.74) is 1.05. The molecule has 2 amide bonds. The van der Waals surface area contributed by atoms with Gasteiger partial charge in [0, 0.05) is 16.3 Å². The van der Waals surface area contributed by atoms with Crippen LogP contribution >= 0.6 is 11.6 Å². The molecule has 0 fully saturated rings. The number of benzene rings is 3. The molecule has 0 atom stereocenters. The van der Waals surface area contributed by atoms with Gasteiger partial charge in [0.15, 0.2) is 0 Å². The van der Waals surface area contributed by atoms with Crippen molar-refractivity contribution in [1.82, 2.24) is 5.32 Å². The van der Waals surface area contributed by atoms with Crippen molar-refractivity contribution in [3.8, 4) is 11.5 Å². The van der Waals surface area contributed by atoms with Gasteiger partial charge in [-0.2, -0.15) is 0 Å². The van der Waals surface area contributed by atoms with Gasteiger partial charge >= 0.3 is 0 Å². The molecule has 0 bridgehead atoms. The fraction of sp³-hybridized carbons (Fsp3) is 0.0476. The molecule has 6 heteroatoms. The first-order chi connectivity index (χ1) is 13.1. The second-order valence-electron chi connectivity index (χ2n) is 5.68. The van der Waals surface area contributed by atoms with Crippen LogP contribution in [0.1, 0.15) is 10.4 Å². The van der Waals surface area contributed by atoms with Crippen LogP contribution in [0.2, 0.25) is 5.02 Å². The van der Waals surface area contributed by atoms with E-state index in [-0.39, 0.29) is 18.4 Å². The zero-order valence-corrected chi connectivity index (χ0v) is 15.1. The minimum atomic E-state index is -0.340. The molecule has 0 unspecified atom stereocenters. The average Bonchev–Trinajstić information content (AvgIpc) is 2.69. The maximum absolute atomic E-state index is 12.2. The zero-order chi connectivity index (χ0) is 19.1. The quantitative estimate of drug-likeness (QED) is 0.661. The van der Waals surface area contributed by atoms with Gasteiger partial charge in [-0.25, -0.2) is 0 Å². The van der Waals surface area contributed by atoms with Crippen LogP contribution in [-0.4, -0.2) is 18.4 Å². The number of rotatable bonds is 6. The number of ether oxygens (including phenoxy) is 1. The summed E-state index contributed by atoms with van der Waals surface area (Å²) in [6, 6.07) is 22.8. The highest BCUT2D eigenvalue weighted by Gasteiger charge is 2.09. The van der Waals surface area contributed by atoms with Crippen molar-refractivity contribution in [2.24, 2.45) is 0 Å². The molecule has 5 nitrogen and oxygen atoms in total. The monoisotopic (exact) mass is 380 g/mol. The Hall–Kier alpha value is -3.31. The van der Waals surface area contributed by atoms with Crippen LogP contribution in [-0.2, 0) is 4.79 Å². The lowest BCUT2D eigenvalue weighted by molar-refractivity contribution is -0.115. The highest BCUT2D eigenvalue weighted by atomic mass is 35.5. The Bertz CT molecular complexity index is 910. The summed E-state index contributed by atoms with van der Waals surface area (Å²) in [4.78, 5) is 24.1. The Labute approximate surface area is 161 Å². The van der Waals surface area contributed by atoms with Crippen LogP contribution in [0.25, 0.3) is 0 Å². The van der Waals surface area contributed by atoms with E-state index in [1.807, 2.05) is 30.3 Å². The van der Waals surface area contributed by atoms with Crippen LogP contribution in [0.3, 0.4) is 0 Å². The van der Waals surface area contributed by atoms with Crippen molar-refractivity contribution in [2.45, 2.75) is 0 Å². The summed E-state index contributed by atoms with van der Waals surface area (Å²) in [6.45, 7) is -0.135. The van der Waals surface area contributed by atoms with Gasteiger partial charge in [-0.1, -0.05) is 29.8 Å². The molecule has 3 aromatic rings. The molecular weight excluding hydrogens is 364 g/mol. The van der Waals surface area contributed by atoms with Gasteiger partial charge in [-0.05, 0) is 60.7 Å². The van der Waals surface area contributed by atoms with E-state index in [1.54, 1.807) is 48.5 Å². The molecule has 0 aliphatic heterocycles. The lowest BCUT2D eigenvalue weighted by atomic mass is 10.2. The first-order valence-corrected chi connectivity index (χ1v) is 8.64. The fourth-order valence-corrected chi connectivity index (χ4v) is 2.43. The van der Waals surface area contributed by atoms with Crippen molar-refractivity contribution < 1.29 is 14.3 Å². The Kier molecular flexibility index (Phi) is 6.07. The van der Waals surface area contributed by atoms with E-state index in [2.05, 4.69) is 10.6 Å². The smallest absolute Gasteiger partial charge is 0.251 e. The summed E-state index contributed by atoms with van der Waals surface area (Å²) < 4.78 is 5.68. The van der Waals surface area contributed by atoms with Gasteiger partial charge < -0.3 is 15.4 Å². The number of hydrogen-bond acceptors (Lipinski definition) is 3. The molecule has 0 spiro atoms. The highest BCUT2D eigenvalue weighted by molar-refractivity contribution is 6.30. The maximum atomic E-state index is 12.2. The summed E-state index contributed by atoms with van der Waals surface area (Å²) >= 11 is 5.80. The Balaban J connectivity index is 1.50. The molecule has 3 rings (SSSR count). The standard InChI is InChI=1S/C21H17ClN2O3/c22-16-8-10-17(11-9-16)24-20(25)14-23-21(26)15-6-12-19(13-7-15)27-18-4-2-1-3-5-18/h1-13H,14H2,(H,23,26)(H,24,25). The predicted octanol–water partition coefficient (Wildman–Crippen LogP) is 4.50. The summed E-state index contributed by atoms with van der Waals surface area (Å²) in [6.07, 6.45) is 0. The van der Waals surface area contributed by atoms with E-state index in [0.29, 0.717) is 27.8 Å². The molecule has 27 heavy (non-hydrogen) atoms. The van der Waals surface area contributed by atoms with Gasteiger partial charge in [0.2, 0.25) is 5.91 Å². The fourth-order valence-electron chi connectivity index (χ4n) is 2.30. The minimum absolute atomic E-state index is 0.135. The minimum Gasteiger partial charge on any atom is -0.457 e. The number of amides is 2. The maximum Gasteiger partial charge on any atom is 0.251 e. The molecule has 2 N–H and O–H groups in total. The molecule has 0 saturated carbocycles. The van der Waals surface area contributed by atoms with Crippen LogP contribution in [0, 0.1) is 0 Å². The third-order valence-electron chi connectivity index (χ3n) is 3.63. The zero-order valence-electron chi connectivity index (χ0n) is 14.3. The van der Waals surface area contributed by atoms with Gasteiger partial charge in [-0.15, -0.1) is 0 Å². The van der Waals surface area contributed by atoms with E-state index >= 15 is 0 Å². The van der Waals surface area contributed by atoms with E-state index in [1.165, 1.54) is 0 Å². The number of anilines is 1. The van der Waals surface area contributed by atoms with Gasteiger partial charge in [0.1, 0.15) is 11.5 Å². The van der Waals surface area contributed by atoms with Gasteiger partial charge in [-0.3, -0.25) is 9.59 Å². The lowest BCUT2D eigenvalue weighted by Gasteiger charge is -2.08. The Morgan fingerprint density at radius 1 is 0.815 bits per heavy atom. The molecule has 0 saturated heterocycles. The largest absolute Gasteiger partial charge is 0.457 e. The molecule has 0 aliphatic rings. The number of halogens is 1. The molecule has 0 radical (unpaired) electrons. The highest BCUT2D eigenvalue weighted by Crippen LogP contribution is 2.21. The van der Waals surface area contributed by atoms with E-state index in [9.17, 15) is 9.59 Å². The average molecular weight is 381 g/mol. The number of nitrogens with one attached hydrogen (secondary N) is 2. The summed E-state index contributed by atoms with van der Waals surface area (Å²) in [7, 11) is 0. The summed E-state index contributed by atoms with van der Waals surface area (Å²) in [5.74, 6) is 0.675. The van der Waals surface area contributed by atoms with Gasteiger partial charge in [0.25, 0.3) is 5.91 Å². The Morgan fingerprint density at radius 2 is 1.44 bits per heavy atom. The van der Waals surface area contributed by atoms with Crippen LogP contribution in [0.15, 0.2) is 78.9 Å². The van der Waals surface area contributed by atoms with Crippen LogP contribution in [0.5, 0.6) is 11.5 Å². The first kappa shape index (κ1) is 18.5.